The van der Waals surface area contributed by atoms with Gasteiger partial charge in [-0.2, -0.15) is 0 Å². The molecule has 25 heavy (non-hydrogen) atoms. The summed E-state index contributed by atoms with van der Waals surface area (Å²) in [4.78, 5) is 10.6. The number of methoxy groups -OCH3 is 1. The Balaban J connectivity index is 2.08. The van der Waals surface area contributed by atoms with Crippen LogP contribution >= 0.6 is 0 Å². The van der Waals surface area contributed by atoms with Crippen LogP contribution in [0.5, 0.6) is 17.2 Å². The maximum atomic E-state index is 10.6. The summed E-state index contributed by atoms with van der Waals surface area (Å²) >= 11 is 0. The SMILES string of the molecule is COc1ccc(C(O)C(C)Oc2cc(CNC(=O)O)ccc2O)cc1. The predicted molar refractivity (Wildman–Crippen MR) is 91.0 cm³/mol. The molecule has 7 heteroatoms. The van der Waals surface area contributed by atoms with Crippen molar-refractivity contribution in [1.82, 2.24) is 5.32 Å². The van der Waals surface area contributed by atoms with Crippen LogP contribution in [0, 0.1) is 0 Å². The molecule has 1 amide bonds. The number of phenols is 1. The van der Waals surface area contributed by atoms with Crippen molar-refractivity contribution in [3.63, 3.8) is 0 Å². The number of hydrogen-bond acceptors (Lipinski definition) is 5. The third kappa shape index (κ3) is 5.02. The first-order valence-electron chi connectivity index (χ1n) is 7.68. The van der Waals surface area contributed by atoms with Crippen LogP contribution in [0.25, 0.3) is 0 Å². The number of hydrogen-bond donors (Lipinski definition) is 4. The molecule has 134 valence electrons. The van der Waals surface area contributed by atoms with E-state index in [0.717, 1.165) is 0 Å². The van der Waals surface area contributed by atoms with Crippen LogP contribution < -0.4 is 14.8 Å². The molecule has 0 saturated carbocycles. The molecule has 0 aliphatic rings. The second-order valence-electron chi connectivity index (χ2n) is 5.50. The van der Waals surface area contributed by atoms with E-state index in [-0.39, 0.29) is 18.0 Å². The Morgan fingerprint density at radius 1 is 1.20 bits per heavy atom. The Kier molecular flexibility index (Phi) is 6.08. The topological polar surface area (TPSA) is 108 Å². The van der Waals surface area contributed by atoms with Crippen LogP contribution in [0.4, 0.5) is 4.79 Å². The lowest BCUT2D eigenvalue weighted by Crippen LogP contribution is -2.22. The lowest BCUT2D eigenvalue weighted by molar-refractivity contribution is 0.0451. The molecule has 0 aromatic heterocycles. The fourth-order valence-corrected chi connectivity index (χ4v) is 2.28. The van der Waals surface area contributed by atoms with E-state index in [1.54, 1.807) is 44.4 Å². The lowest BCUT2D eigenvalue weighted by atomic mass is 10.1. The number of phenolic OH excluding ortho intramolecular Hbond substituents is 1. The van der Waals surface area contributed by atoms with E-state index in [1.165, 1.54) is 12.1 Å². The first kappa shape index (κ1) is 18.4. The third-order valence-electron chi connectivity index (χ3n) is 3.68. The van der Waals surface area contributed by atoms with Crippen molar-refractivity contribution in [2.75, 3.05) is 7.11 Å². The van der Waals surface area contributed by atoms with Gasteiger partial charge in [-0.25, -0.2) is 4.79 Å². The molecule has 0 radical (unpaired) electrons. The number of aromatic hydroxyl groups is 1. The minimum Gasteiger partial charge on any atom is -0.504 e. The van der Waals surface area contributed by atoms with Crippen molar-refractivity contribution in [2.24, 2.45) is 0 Å². The van der Waals surface area contributed by atoms with Crippen molar-refractivity contribution in [1.29, 1.82) is 0 Å². The summed E-state index contributed by atoms with van der Waals surface area (Å²) in [6, 6.07) is 11.5. The molecule has 0 aliphatic heterocycles. The second kappa shape index (κ2) is 8.25. The quantitative estimate of drug-likeness (QED) is 0.613. The first-order chi connectivity index (χ1) is 11.9. The average molecular weight is 347 g/mol. The van der Waals surface area contributed by atoms with E-state index < -0.39 is 18.3 Å². The molecule has 2 atom stereocenters. The van der Waals surface area contributed by atoms with Crippen LogP contribution in [-0.2, 0) is 6.54 Å². The first-order valence-corrected chi connectivity index (χ1v) is 7.68. The second-order valence-corrected chi connectivity index (χ2v) is 5.50. The Morgan fingerprint density at radius 2 is 1.88 bits per heavy atom. The molecule has 2 aromatic carbocycles. The van der Waals surface area contributed by atoms with Gasteiger partial charge in [0.05, 0.1) is 7.11 Å². The zero-order valence-corrected chi connectivity index (χ0v) is 14.0. The molecule has 0 heterocycles. The number of nitrogens with one attached hydrogen (secondary N) is 1. The van der Waals surface area contributed by atoms with E-state index in [4.69, 9.17) is 14.6 Å². The monoisotopic (exact) mass is 347 g/mol. The molecule has 2 aromatic rings. The van der Waals surface area contributed by atoms with E-state index in [1.807, 2.05) is 0 Å². The molecule has 0 spiro atoms. The normalized spacial score (nSPS) is 12.9. The van der Waals surface area contributed by atoms with Gasteiger partial charge in [-0.3, -0.25) is 0 Å². The van der Waals surface area contributed by atoms with Crippen LogP contribution in [0.15, 0.2) is 42.5 Å². The van der Waals surface area contributed by atoms with Crippen LogP contribution in [0.1, 0.15) is 24.2 Å². The summed E-state index contributed by atoms with van der Waals surface area (Å²) in [7, 11) is 1.56. The number of aliphatic hydroxyl groups excluding tert-OH is 1. The zero-order chi connectivity index (χ0) is 18.4. The molecular formula is C18H21NO6. The molecule has 0 bridgehead atoms. The highest BCUT2D eigenvalue weighted by atomic mass is 16.5. The van der Waals surface area contributed by atoms with Gasteiger partial charge in [0.1, 0.15) is 18.0 Å². The molecule has 4 N–H and O–H groups in total. The van der Waals surface area contributed by atoms with E-state index in [0.29, 0.717) is 16.9 Å². The summed E-state index contributed by atoms with van der Waals surface area (Å²) in [6.45, 7) is 1.76. The highest BCUT2D eigenvalue weighted by molar-refractivity contribution is 5.64. The molecule has 0 saturated heterocycles. The number of carboxylic acid groups (broad SMARTS) is 1. The Labute approximate surface area is 145 Å². The molecule has 2 unspecified atom stereocenters. The van der Waals surface area contributed by atoms with E-state index in [2.05, 4.69) is 5.32 Å². The average Bonchev–Trinajstić information content (AvgIpc) is 2.61. The summed E-state index contributed by atoms with van der Waals surface area (Å²) in [6.07, 6.45) is -2.69. The number of ether oxygens (including phenoxy) is 2. The number of benzene rings is 2. The van der Waals surface area contributed by atoms with Crippen molar-refractivity contribution < 1.29 is 29.6 Å². The highest BCUT2D eigenvalue weighted by Crippen LogP contribution is 2.30. The smallest absolute Gasteiger partial charge is 0.404 e. The zero-order valence-electron chi connectivity index (χ0n) is 14.0. The standard InChI is InChI=1S/C18H21NO6/c1-11(17(21)13-4-6-14(24-2)7-5-13)25-16-9-12(3-8-15(16)20)10-19-18(22)23/h3-9,11,17,19-21H,10H2,1-2H3,(H,22,23). The van der Waals surface area contributed by atoms with Gasteiger partial charge < -0.3 is 30.1 Å². The highest BCUT2D eigenvalue weighted by Gasteiger charge is 2.19. The lowest BCUT2D eigenvalue weighted by Gasteiger charge is -2.22. The van der Waals surface area contributed by atoms with Crippen molar-refractivity contribution in [2.45, 2.75) is 25.7 Å². The molecule has 2 rings (SSSR count). The van der Waals surface area contributed by atoms with Gasteiger partial charge in [0.25, 0.3) is 0 Å². The third-order valence-corrected chi connectivity index (χ3v) is 3.68. The van der Waals surface area contributed by atoms with E-state index >= 15 is 0 Å². The fraction of sp³-hybridized carbons (Fsp3) is 0.278. The minimum absolute atomic E-state index is 0.0847. The predicted octanol–water partition coefficient (Wildman–Crippen LogP) is 2.67. The number of amides is 1. The summed E-state index contributed by atoms with van der Waals surface area (Å²) in [5, 5.41) is 31.2. The molecule has 0 aliphatic carbocycles. The van der Waals surface area contributed by atoms with Crippen molar-refractivity contribution >= 4 is 6.09 Å². The van der Waals surface area contributed by atoms with Gasteiger partial charge in [-0.15, -0.1) is 0 Å². The molecular weight excluding hydrogens is 326 g/mol. The number of carbonyl (C=O) groups is 1. The summed E-state index contributed by atoms with van der Waals surface area (Å²) in [5.41, 5.74) is 1.28. The van der Waals surface area contributed by atoms with Gasteiger partial charge in [-0.1, -0.05) is 18.2 Å². The maximum absolute atomic E-state index is 10.6. The number of aliphatic hydroxyl groups is 1. The fourth-order valence-electron chi connectivity index (χ4n) is 2.28. The number of rotatable bonds is 7. The van der Waals surface area contributed by atoms with Crippen molar-refractivity contribution in [3.8, 4) is 17.2 Å². The minimum atomic E-state index is -1.14. The van der Waals surface area contributed by atoms with Crippen LogP contribution in [0.2, 0.25) is 0 Å². The molecule has 7 nitrogen and oxygen atoms in total. The maximum Gasteiger partial charge on any atom is 0.404 e. The van der Waals surface area contributed by atoms with Gasteiger partial charge in [-0.05, 0) is 42.3 Å². The van der Waals surface area contributed by atoms with Gasteiger partial charge in [0.2, 0.25) is 0 Å². The van der Waals surface area contributed by atoms with Gasteiger partial charge in [0, 0.05) is 6.54 Å². The summed E-state index contributed by atoms with van der Waals surface area (Å²) in [5.74, 6) is 0.762. The summed E-state index contributed by atoms with van der Waals surface area (Å²) < 4.78 is 10.7. The molecule has 0 fully saturated rings. The Hall–Kier alpha value is -2.93. The van der Waals surface area contributed by atoms with E-state index in [9.17, 15) is 15.0 Å². The largest absolute Gasteiger partial charge is 0.504 e. The Morgan fingerprint density at radius 3 is 2.48 bits per heavy atom. The van der Waals surface area contributed by atoms with Crippen LogP contribution in [0.3, 0.4) is 0 Å². The van der Waals surface area contributed by atoms with Gasteiger partial charge >= 0.3 is 6.09 Å². The van der Waals surface area contributed by atoms with Gasteiger partial charge in [0.15, 0.2) is 11.5 Å². The Bertz CT molecular complexity index is 716. The van der Waals surface area contributed by atoms with Crippen LogP contribution in [-0.4, -0.2) is 34.6 Å². The van der Waals surface area contributed by atoms with Crippen molar-refractivity contribution in [3.05, 3.63) is 53.6 Å².